The first-order valence-electron chi connectivity index (χ1n) is 4.69. The summed E-state index contributed by atoms with van der Waals surface area (Å²) in [5.41, 5.74) is -0.272. The highest BCUT2D eigenvalue weighted by atomic mass is 16.4. The molecule has 7 nitrogen and oxygen atoms in total. The molecule has 2 N–H and O–H groups in total. The van der Waals surface area contributed by atoms with Gasteiger partial charge in [0.2, 0.25) is 0 Å². The SMILES string of the molecule is Cc1cnc(-c2ncc(C(=O)O)c(=O)[nH]2)nc1. The van der Waals surface area contributed by atoms with Crippen LogP contribution in [0, 0.1) is 6.92 Å². The number of aryl methyl sites for hydroxylation is 1. The van der Waals surface area contributed by atoms with Crippen LogP contribution in [0.4, 0.5) is 0 Å². The number of rotatable bonds is 2. The van der Waals surface area contributed by atoms with Crippen molar-refractivity contribution in [3.8, 4) is 11.6 Å². The number of carbonyl (C=O) groups is 1. The van der Waals surface area contributed by atoms with E-state index in [1.165, 1.54) is 0 Å². The van der Waals surface area contributed by atoms with Crippen LogP contribution >= 0.6 is 0 Å². The van der Waals surface area contributed by atoms with Crippen LogP contribution in [-0.4, -0.2) is 31.0 Å². The first-order valence-corrected chi connectivity index (χ1v) is 4.69. The molecule has 7 heteroatoms. The first kappa shape index (κ1) is 10.9. The maximum atomic E-state index is 11.4. The Labute approximate surface area is 95.2 Å². The van der Waals surface area contributed by atoms with Crippen LogP contribution in [-0.2, 0) is 0 Å². The first-order chi connectivity index (χ1) is 8.08. The number of nitrogens with zero attached hydrogens (tertiary/aromatic N) is 3. The van der Waals surface area contributed by atoms with Gasteiger partial charge in [-0.1, -0.05) is 0 Å². The van der Waals surface area contributed by atoms with Crippen LogP contribution < -0.4 is 5.56 Å². The van der Waals surface area contributed by atoms with Crippen molar-refractivity contribution in [2.75, 3.05) is 0 Å². The molecule has 0 spiro atoms. The van der Waals surface area contributed by atoms with Crippen LogP contribution in [0.1, 0.15) is 15.9 Å². The molecule has 0 amide bonds. The number of H-pyrrole nitrogens is 1. The molecule has 0 aliphatic rings. The summed E-state index contributed by atoms with van der Waals surface area (Å²) in [6.45, 7) is 1.83. The quantitative estimate of drug-likeness (QED) is 0.767. The third-order valence-corrected chi connectivity index (χ3v) is 2.02. The number of aromatic carboxylic acids is 1. The molecule has 2 aromatic heterocycles. The van der Waals surface area contributed by atoms with Gasteiger partial charge in [0.25, 0.3) is 5.56 Å². The van der Waals surface area contributed by atoms with Gasteiger partial charge in [-0.15, -0.1) is 0 Å². The van der Waals surface area contributed by atoms with Gasteiger partial charge in [0, 0.05) is 18.6 Å². The summed E-state index contributed by atoms with van der Waals surface area (Å²) < 4.78 is 0. The summed E-state index contributed by atoms with van der Waals surface area (Å²) in [6, 6.07) is 0. The smallest absolute Gasteiger partial charge is 0.342 e. The molecule has 0 atom stereocenters. The van der Waals surface area contributed by atoms with Gasteiger partial charge in [-0.3, -0.25) is 4.79 Å². The van der Waals surface area contributed by atoms with Gasteiger partial charge in [0.1, 0.15) is 5.56 Å². The molecule has 0 saturated carbocycles. The molecule has 0 fully saturated rings. The average Bonchev–Trinajstić information content (AvgIpc) is 2.29. The van der Waals surface area contributed by atoms with Crippen molar-refractivity contribution >= 4 is 5.97 Å². The van der Waals surface area contributed by atoms with Crippen LogP contribution in [0.5, 0.6) is 0 Å². The second kappa shape index (κ2) is 4.12. The number of hydrogen-bond acceptors (Lipinski definition) is 5. The average molecular weight is 232 g/mol. The molecule has 86 valence electrons. The van der Waals surface area contributed by atoms with Crippen molar-refractivity contribution in [1.29, 1.82) is 0 Å². The summed E-state index contributed by atoms with van der Waals surface area (Å²) in [5.74, 6) is -0.945. The fourth-order valence-corrected chi connectivity index (χ4v) is 1.18. The van der Waals surface area contributed by atoms with Gasteiger partial charge >= 0.3 is 5.97 Å². The molecule has 2 aromatic rings. The Bertz CT molecular complexity index is 618. The maximum Gasteiger partial charge on any atom is 0.342 e. The van der Waals surface area contributed by atoms with E-state index in [0.717, 1.165) is 11.8 Å². The Balaban J connectivity index is 2.48. The van der Waals surface area contributed by atoms with E-state index >= 15 is 0 Å². The molecule has 0 unspecified atom stereocenters. The standard InChI is InChI=1S/C10H8N4O3/c1-5-2-11-7(12-3-5)8-13-4-6(10(16)17)9(15)14-8/h2-4H,1H3,(H,16,17)(H,13,14,15). The third-order valence-electron chi connectivity index (χ3n) is 2.02. The second-order valence-electron chi connectivity index (χ2n) is 3.36. The normalized spacial score (nSPS) is 10.2. The minimum absolute atomic E-state index is 0.139. The van der Waals surface area contributed by atoms with Crippen LogP contribution in [0.15, 0.2) is 23.4 Å². The van der Waals surface area contributed by atoms with Crippen molar-refractivity contribution in [2.45, 2.75) is 6.92 Å². The van der Waals surface area contributed by atoms with Crippen molar-refractivity contribution in [2.24, 2.45) is 0 Å². The summed E-state index contributed by atoms with van der Waals surface area (Å²) in [6.07, 6.45) is 4.14. The van der Waals surface area contributed by atoms with E-state index in [2.05, 4.69) is 19.9 Å². The fraction of sp³-hybridized carbons (Fsp3) is 0.100. The Morgan fingerprint density at radius 3 is 2.41 bits per heavy atom. The van der Waals surface area contributed by atoms with Crippen LogP contribution in [0.3, 0.4) is 0 Å². The van der Waals surface area contributed by atoms with Crippen molar-refractivity contribution in [3.63, 3.8) is 0 Å². The lowest BCUT2D eigenvalue weighted by atomic mass is 10.3. The molecule has 0 aliphatic heterocycles. The fourth-order valence-electron chi connectivity index (χ4n) is 1.18. The van der Waals surface area contributed by atoms with Gasteiger partial charge in [0.05, 0.1) is 0 Å². The van der Waals surface area contributed by atoms with Gasteiger partial charge < -0.3 is 10.1 Å². The summed E-state index contributed by atoms with van der Waals surface area (Å²) in [4.78, 5) is 36.1. The van der Waals surface area contributed by atoms with E-state index in [-0.39, 0.29) is 11.6 Å². The molecule has 0 aromatic carbocycles. The highest BCUT2D eigenvalue weighted by molar-refractivity contribution is 5.86. The Morgan fingerprint density at radius 1 is 1.24 bits per heavy atom. The zero-order chi connectivity index (χ0) is 12.4. The number of nitrogens with one attached hydrogen (secondary N) is 1. The Kier molecular flexibility index (Phi) is 2.65. The van der Waals surface area contributed by atoms with Crippen molar-refractivity contribution in [3.05, 3.63) is 40.1 Å². The molecule has 0 radical (unpaired) electrons. The van der Waals surface area contributed by atoms with E-state index in [0.29, 0.717) is 0 Å². The molecule has 0 bridgehead atoms. The zero-order valence-corrected chi connectivity index (χ0v) is 8.84. The number of carboxylic acids is 1. The number of aromatic nitrogens is 4. The minimum Gasteiger partial charge on any atom is -0.477 e. The Hall–Kier alpha value is -2.57. The van der Waals surface area contributed by atoms with E-state index in [1.807, 2.05) is 6.92 Å². The Morgan fingerprint density at radius 2 is 1.88 bits per heavy atom. The zero-order valence-electron chi connectivity index (χ0n) is 8.84. The van der Waals surface area contributed by atoms with Crippen LogP contribution in [0.2, 0.25) is 0 Å². The summed E-state index contributed by atoms with van der Waals surface area (Å²) >= 11 is 0. The summed E-state index contributed by atoms with van der Waals surface area (Å²) in [7, 11) is 0. The third kappa shape index (κ3) is 2.17. The molecular formula is C10H8N4O3. The van der Waals surface area contributed by atoms with E-state index in [1.54, 1.807) is 12.4 Å². The van der Waals surface area contributed by atoms with Gasteiger partial charge in [-0.2, -0.15) is 0 Å². The molecule has 2 heterocycles. The van der Waals surface area contributed by atoms with E-state index < -0.39 is 17.1 Å². The summed E-state index contributed by atoms with van der Waals surface area (Å²) in [5, 5.41) is 8.67. The highest BCUT2D eigenvalue weighted by Crippen LogP contribution is 2.06. The van der Waals surface area contributed by atoms with Gasteiger partial charge in [0.15, 0.2) is 11.6 Å². The van der Waals surface area contributed by atoms with Crippen molar-refractivity contribution in [1.82, 2.24) is 19.9 Å². The van der Waals surface area contributed by atoms with E-state index in [4.69, 9.17) is 5.11 Å². The topological polar surface area (TPSA) is 109 Å². The lowest BCUT2D eigenvalue weighted by molar-refractivity contribution is 0.0694. The predicted octanol–water partition coefficient (Wildman–Crippen LogP) is 0.234. The van der Waals surface area contributed by atoms with Crippen molar-refractivity contribution < 1.29 is 9.90 Å². The molecular weight excluding hydrogens is 224 g/mol. The maximum absolute atomic E-state index is 11.4. The lowest BCUT2D eigenvalue weighted by Crippen LogP contribution is -2.19. The molecule has 17 heavy (non-hydrogen) atoms. The molecule has 2 rings (SSSR count). The number of hydrogen-bond donors (Lipinski definition) is 2. The highest BCUT2D eigenvalue weighted by Gasteiger charge is 2.11. The number of aromatic amines is 1. The molecule has 0 aliphatic carbocycles. The van der Waals surface area contributed by atoms with Crippen LogP contribution in [0.25, 0.3) is 11.6 Å². The largest absolute Gasteiger partial charge is 0.477 e. The lowest BCUT2D eigenvalue weighted by Gasteiger charge is -1.99. The number of carboxylic acid groups (broad SMARTS) is 1. The van der Waals surface area contributed by atoms with E-state index in [9.17, 15) is 9.59 Å². The molecule has 0 saturated heterocycles. The second-order valence-corrected chi connectivity index (χ2v) is 3.36. The monoisotopic (exact) mass is 232 g/mol. The predicted molar refractivity (Wildman–Crippen MR) is 57.6 cm³/mol. The minimum atomic E-state index is -1.32. The van der Waals surface area contributed by atoms with Gasteiger partial charge in [-0.25, -0.2) is 19.7 Å². The van der Waals surface area contributed by atoms with Gasteiger partial charge in [-0.05, 0) is 12.5 Å².